The Bertz CT molecular complexity index is 1090. The van der Waals surface area contributed by atoms with E-state index in [-0.39, 0.29) is 12.2 Å². The highest BCUT2D eigenvalue weighted by Gasteiger charge is 2.57. The molecule has 1 aliphatic heterocycles. The molecule has 1 fully saturated rings. The maximum Gasteiger partial charge on any atom is 0.410 e. The van der Waals surface area contributed by atoms with Crippen LogP contribution in [0, 0.1) is 5.82 Å². The Hall–Kier alpha value is -3.11. The maximum atomic E-state index is 14.3. The Morgan fingerprint density at radius 1 is 0.730 bits per heavy atom. The van der Waals surface area contributed by atoms with Gasteiger partial charge in [-0.2, -0.15) is 26.3 Å². The van der Waals surface area contributed by atoms with E-state index >= 15 is 0 Å². The number of alkyl halides is 6. The van der Waals surface area contributed by atoms with Gasteiger partial charge in [0.05, 0.1) is 0 Å². The number of halogens is 7. The third-order valence-corrected chi connectivity index (χ3v) is 6.50. The standard InChI is InChI=1S/C27H26F7N3/c28-21-11-13-22(14-12-21)37-24(26(29,30)31)17-36(18-25(37)27(32,33)34)23(20-9-5-2-6-10-20)16-35-15-19-7-3-1-4-8-19/h1-14,23-25,35H,15-18H2. The van der Waals surface area contributed by atoms with Gasteiger partial charge in [-0.3, -0.25) is 4.90 Å². The van der Waals surface area contributed by atoms with Crippen LogP contribution in [-0.4, -0.2) is 49.0 Å². The van der Waals surface area contributed by atoms with Crippen LogP contribution >= 0.6 is 0 Å². The first kappa shape index (κ1) is 26.9. The fourth-order valence-corrected chi connectivity index (χ4v) is 4.74. The summed E-state index contributed by atoms with van der Waals surface area (Å²) in [6.45, 7) is -0.810. The molecule has 1 N–H and O–H groups in total. The molecule has 3 aromatic carbocycles. The number of rotatable bonds is 7. The molecule has 3 aromatic rings. The zero-order valence-corrected chi connectivity index (χ0v) is 19.7. The van der Waals surface area contributed by atoms with Gasteiger partial charge in [0.2, 0.25) is 0 Å². The fourth-order valence-electron chi connectivity index (χ4n) is 4.74. The minimum absolute atomic E-state index is 0.143. The van der Waals surface area contributed by atoms with Crippen molar-refractivity contribution in [2.24, 2.45) is 0 Å². The molecule has 10 heteroatoms. The van der Waals surface area contributed by atoms with E-state index in [1.54, 1.807) is 30.3 Å². The lowest BCUT2D eigenvalue weighted by molar-refractivity contribution is -0.193. The molecule has 3 nitrogen and oxygen atoms in total. The summed E-state index contributed by atoms with van der Waals surface area (Å²) in [7, 11) is 0. The van der Waals surface area contributed by atoms with Gasteiger partial charge in [-0.05, 0) is 35.4 Å². The van der Waals surface area contributed by atoms with Gasteiger partial charge in [0.25, 0.3) is 0 Å². The van der Waals surface area contributed by atoms with Gasteiger partial charge in [0.15, 0.2) is 0 Å². The Labute approximate surface area is 210 Å². The van der Waals surface area contributed by atoms with Crippen LogP contribution in [0.5, 0.6) is 0 Å². The minimum Gasteiger partial charge on any atom is -0.346 e. The van der Waals surface area contributed by atoms with Crippen LogP contribution < -0.4 is 10.2 Å². The lowest BCUT2D eigenvalue weighted by Gasteiger charge is -2.50. The zero-order chi connectivity index (χ0) is 26.6. The summed E-state index contributed by atoms with van der Waals surface area (Å²) in [5.74, 6) is -0.747. The second-order valence-electron chi connectivity index (χ2n) is 9.00. The van der Waals surface area contributed by atoms with Crippen molar-refractivity contribution in [3.8, 4) is 0 Å². The van der Waals surface area contributed by atoms with Crippen molar-refractivity contribution < 1.29 is 30.7 Å². The first-order valence-corrected chi connectivity index (χ1v) is 11.7. The minimum atomic E-state index is -4.96. The molecular formula is C27H26F7N3. The molecule has 0 spiro atoms. The molecule has 4 rings (SSSR count). The smallest absolute Gasteiger partial charge is 0.346 e. The normalized spacial score (nSPS) is 20.1. The molecule has 1 aliphatic rings. The molecular weight excluding hydrogens is 499 g/mol. The van der Waals surface area contributed by atoms with Crippen LogP contribution in [-0.2, 0) is 6.54 Å². The third kappa shape index (κ3) is 6.61. The number of anilines is 1. The maximum absolute atomic E-state index is 14.3. The number of nitrogens with one attached hydrogen (secondary N) is 1. The average Bonchev–Trinajstić information content (AvgIpc) is 2.86. The monoisotopic (exact) mass is 525 g/mol. The highest BCUT2D eigenvalue weighted by Crippen LogP contribution is 2.41. The molecule has 198 valence electrons. The molecule has 0 radical (unpaired) electrons. The highest BCUT2D eigenvalue weighted by atomic mass is 19.4. The van der Waals surface area contributed by atoms with Crippen molar-refractivity contribution in [3.63, 3.8) is 0 Å². The number of nitrogens with zero attached hydrogens (tertiary/aromatic N) is 2. The molecule has 1 heterocycles. The van der Waals surface area contributed by atoms with Gasteiger partial charge in [-0.1, -0.05) is 60.7 Å². The molecule has 1 saturated heterocycles. The Balaban J connectivity index is 1.68. The van der Waals surface area contributed by atoms with Gasteiger partial charge < -0.3 is 10.2 Å². The van der Waals surface area contributed by atoms with Gasteiger partial charge in [0.1, 0.15) is 17.9 Å². The van der Waals surface area contributed by atoms with Crippen molar-refractivity contribution in [1.82, 2.24) is 10.2 Å². The van der Waals surface area contributed by atoms with Crippen LogP contribution in [0.15, 0.2) is 84.9 Å². The average molecular weight is 526 g/mol. The second kappa shape index (κ2) is 11.1. The lowest BCUT2D eigenvalue weighted by atomic mass is 9.97. The predicted molar refractivity (Wildman–Crippen MR) is 127 cm³/mol. The summed E-state index contributed by atoms with van der Waals surface area (Å²) in [5, 5.41) is 3.19. The van der Waals surface area contributed by atoms with E-state index in [1.165, 1.54) is 4.90 Å². The van der Waals surface area contributed by atoms with E-state index in [0.29, 0.717) is 17.0 Å². The molecule has 0 saturated carbocycles. The topological polar surface area (TPSA) is 18.5 Å². The summed E-state index contributed by atoms with van der Waals surface area (Å²) < 4.78 is 99.3. The summed E-state index contributed by atoms with van der Waals surface area (Å²) in [6, 6.07) is 15.9. The Kier molecular flexibility index (Phi) is 8.08. The molecule has 3 atom stereocenters. The molecule has 37 heavy (non-hydrogen) atoms. The summed E-state index contributed by atoms with van der Waals surface area (Å²) >= 11 is 0. The van der Waals surface area contributed by atoms with E-state index in [9.17, 15) is 30.7 Å². The van der Waals surface area contributed by atoms with Crippen molar-refractivity contribution in [2.45, 2.75) is 37.0 Å². The predicted octanol–water partition coefficient (Wildman–Crippen LogP) is 6.34. The Morgan fingerprint density at radius 3 is 1.76 bits per heavy atom. The number of hydrogen-bond acceptors (Lipinski definition) is 3. The number of piperazine rings is 1. The quantitative estimate of drug-likeness (QED) is 0.363. The first-order chi connectivity index (χ1) is 17.5. The van der Waals surface area contributed by atoms with Crippen LogP contribution in [0.25, 0.3) is 0 Å². The van der Waals surface area contributed by atoms with Crippen LogP contribution in [0.1, 0.15) is 17.2 Å². The zero-order valence-electron chi connectivity index (χ0n) is 19.7. The van der Waals surface area contributed by atoms with Gasteiger partial charge in [-0.15, -0.1) is 0 Å². The third-order valence-electron chi connectivity index (χ3n) is 6.50. The fraction of sp³-hybridized carbons (Fsp3) is 0.333. The largest absolute Gasteiger partial charge is 0.410 e. The van der Waals surface area contributed by atoms with Crippen molar-refractivity contribution in [2.75, 3.05) is 24.5 Å². The van der Waals surface area contributed by atoms with Gasteiger partial charge >= 0.3 is 12.4 Å². The van der Waals surface area contributed by atoms with Crippen LogP contribution in [0.4, 0.5) is 36.4 Å². The van der Waals surface area contributed by atoms with Crippen molar-refractivity contribution >= 4 is 5.69 Å². The Morgan fingerprint density at radius 2 is 1.24 bits per heavy atom. The van der Waals surface area contributed by atoms with Gasteiger partial charge in [-0.25, -0.2) is 4.39 Å². The van der Waals surface area contributed by atoms with E-state index in [2.05, 4.69) is 5.32 Å². The van der Waals surface area contributed by atoms with Crippen molar-refractivity contribution in [3.05, 3.63) is 102 Å². The van der Waals surface area contributed by atoms with Gasteiger partial charge in [0, 0.05) is 37.9 Å². The van der Waals surface area contributed by atoms with Crippen molar-refractivity contribution in [1.29, 1.82) is 0 Å². The van der Waals surface area contributed by atoms with Crippen LogP contribution in [0.2, 0.25) is 0 Å². The number of hydrogen-bond donors (Lipinski definition) is 1. The summed E-state index contributed by atoms with van der Waals surface area (Å²) in [4.78, 5) is 1.60. The summed E-state index contributed by atoms with van der Waals surface area (Å²) in [5.41, 5.74) is 1.22. The molecule has 0 aromatic heterocycles. The number of benzene rings is 3. The SMILES string of the molecule is Fc1ccc(N2C(C(F)(F)F)CN(C(CNCc3ccccc3)c3ccccc3)CC2C(F)(F)F)cc1. The van der Waals surface area contributed by atoms with Crippen LogP contribution in [0.3, 0.4) is 0 Å². The first-order valence-electron chi connectivity index (χ1n) is 11.7. The van der Waals surface area contributed by atoms with E-state index < -0.39 is 49.4 Å². The molecule has 3 unspecified atom stereocenters. The van der Waals surface area contributed by atoms with E-state index in [1.807, 2.05) is 30.3 Å². The summed E-state index contributed by atoms with van der Waals surface area (Å²) in [6.07, 6.45) is -9.93. The lowest BCUT2D eigenvalue weighted by Crippen LogP contribution is -2.68. The molecule has 0 bridgehead atoms. The molecule has 0 amide bonds. The second-order valence-corrected chi connectivity index (χ2v) is 9.00. The van der Waals surface area contributed by atoms with E-state index in [0.717, 1.165) is 29.8 Å². The highest BCUT2D eigenvalue weighted by molar-refractivity contribution is 5.50. The molecule has 0 aliphatic carbocycles. The van der Waals surface area contributed by atoms with E-state index in [4.69, 9.17) is 0 Å².